The molecule has 0 radical (unpaired) electrons. The number of hydrogen-bond acceptors (Lipinski definition) is 5. The number of aryl methyl sites for hydroxylation is 1. The second-order valence-electron chi connectivity index (χ2n) is 7.51. The molecule has 26 heavy (non-hydrogen) atoms. The van der Waals surface area contributed by atoms with E-state index >= 15 is 0 Å². The van der Waals surface area contributed by atoms with Gasteiger partial charge in [-0.15, -0.1) is 11.3 Å². The summed E-state index contributed by atoms with van der Waals surface area (Å²) >= 11 is 1.55. The lowest BCUT2D eigenvalue weighted by atomic mass is 9.92. The molecule has 2 aliphatic rings. The average Bonchev–Trinajstić information content (AvgIpc) is 3.25. The first kappa shape index (κ1) is 17.8. The molecule has 1 atom stereocenters. The van der Waals surface area contributed by atoms with Crippen molar-refractivity contribution in [3.05, 3.63) is 46.0 Å². The van der Waals surface area contributed by atoms with Crippen LogP contribution in [-0.2, 0) is 11.3 Å². The van der Waals surface area contributed by atoms with Crippen molar-refractivity contribution in [1.29, 1.82) is 0 Å². The van der Waals surface area contributed by atoms with Gasteiger partial charge in [0.2, 0.25) is 0 Å². The van der Waals surface area contributed by atoms with Gasteiger partial charge in [0.15, 0.2) is 0 Å². The molecule has 0 aromatic carbocycles. The normalized spacial score (nSPS) is 24.7. The molecule has 0 bridgehead atoms. The second kappa shape index (κ2) is 7.55. The number of carbonyl (C=O) groups excluding carboxylic acids is 1. The lowest BCUT2D eigenvalue weighted by molar-refractivity contribution is -0.118. The molecule has 2 fully saturated rings. The van der Waals surface area contributed by atoms with Gasteiger partial charge in [0.25, 0.3) is 5.91 Å². The van der Waals surface area contributed by atoms with Crippen molar-refractivity contribution in [1.82, 2.24) is 9.80 Å². The summed E-state index contributed by atoms with van der Waals surface area (Å²) < 4.78 is 11.5. The maximum absolute atomic E-state index is 12.8. The minimum Gasteiger partial charge on any atom is -0.472 e. The molecular weight excluding hydrogens is 348 g/mol. The molecule has 1 spiro atoms. The number of rotatable bonds is 3. The topological polar surface area (TPSA) is 45.9 Å². The summed E-state index contributed by atoms with van der Waals surface area (Å²) in [7, 11) is 0. The van der Waals surface area contributed by atoms with E-state index in [-0.39, 0.29) is 11.5 Å². The summed E-state index contributed by atoms with van der Waals surface area (Å²) in [6.45, 7) is 7.17. The first-order valence-electron chi connectivity index (χ1n) is 9.35. The Balaban J connectivity index is 1.39. The molecule has 0 N–H and O–H groups in total. The Morgan fingerprint density at radius 3 is 3.00 bits per heavy atom. The van der Waals surface area contributed by atoms with E-state index in [2.05, 4.69) is 4.90 Å². The molecule has 5 nitrogen and oxygen atoms in total. The van der Waals surface area contributed by atoms with Crippen LogP contribution in [0.3, 0.4) is 0 Å². The zero-order valence-electron chi connectivity index (χ0n) is 15.3. The molecule has 4 heterocycles. The molecule has 6 heteroatoms. The second-order valence-corrected chi connectivity index (χ2v) is 8.42. The Bertz CT molecular complexity index is 742. The Morgan fingerprint density at radius 1 is 1.31 bits per heavy atom. The van der Waals surface area contributed by atoms with Crippen molar-refractivity contribution in [3.63, 3.8) is 0 Å². The summed E-state index contributed by atoms with van der Waals surface area (Å²) in [5.41, 5.74) is 2.25. The Hall–Kier alpha value is -1.63. The minimum atomic E-state index is -0.123. The maximum Gasteiger partial charge on any atom is 0.263 e. The van der Waals surface area contributed by atoms with Gasteiger partial charge >= 0.3 is 0 Å². The number of furan rings is 1. The van der Waals surface area contributed by atoms with Crippen LogP contribution in [0.1, 0.15) is 40.1 Å². The summed E-state index contributed by atoms with van der Waals surface area (Å²) in [4.78, 5) is 18.1. The van der Waals surface area contributed by atoms with Crippen molar-refractivity contribution in [2.45, 2.75) is 38.3 Å². The highest BCUT2D eigenvalue weighted by atomic mass is 32.1. The SMILES string of the molecule is Cc1csc(C(=O)N2CCCC3(CC2)CN(Cc2ccoc2)CCO3)c1. The highest BCUT2D eigenvalue weighted by molar-refractivity contribution is 7.12. The van der Waals surface area contributed by atoms with Crippen LogP contribution in [0.4, 0.5) is 0 Å². The molecule has 140 valence electrons. The van der Waals surface area contributed by atoms with Crippen LogP contribution in [0.5, 0.6) is 0 Å². The summed E-state index contributed by atoms with van der Waals surface area (Å²) in [5.74, 6) is 0.172. The highest BCUT2D eigenvalue weighted by Crippen LogP contribution is 2.31. The number of thiophene rings is 1. The summed E-state index contributed by atoms with van der Waals surface area (Å²) in [6, 6.07) is 4.02. The third-order valence-corrected chi connectivity index (χ3v) is 6.48. The monoisotopic (exact) mass is 374 g/mol. The molecule has 1 unspecified atom stereocenters. The smallest absolute Gasteiger partial charge is 0.263 e. The first-order chi connectivity index (χ1) is 12.6. The number of nitrogens with zero attached hydrogens (tertiary/aromatic N) is 2. The largest absolute Gasteiger partial charge is 0.472 e. The predicted octanol–water partition coefficient (Wildman–Crippen LogP) is 3.55. The van der Waals surface area contributed by atoms with Gasteiger partial charge in [0.1, 0.15) is 0 Å². The molecule has 2 saturated heterocycles. The summed E-state index contributed by atoms with van der Waals surface area (Å²) in [5, 5.41) is 2.05. The number of likely N-dealkylation sites (tertiary alicyclic amines) is 1. The molecule has 0 aliphatic carbocycles. The third kappa shape index (κ3) is 3.87. The van der Waals surface area contributed by atoms with Crippen molar-refractivity contribution in [3.8, 4) is 0 Å². The maximum atomic E-state index is 12.8. The molecule has 2 aromatic heterocycles. The van der Waals surface area contributed by atoms with E-state index in [0.717, 1.165) is 69.0 Å². The quantitative estimate of drug-likeness (QED) is 0.824. The molecule has 2 aromatic rings. The van der Waals surface area contributed by atoms with Gasteiger partial charge in [-0.2, -0.15) is 0 Å². The summed E-state index contributed by atoms with van der Waals surface area (Å²) in [6.07, 6.45) is 6.47. The number of morpholine rings is 1. The number of hydrogen-bond donors (Lipinski definition) is 0. The van der Waals surface area contributed by atoms with Gasteiger partial charge < -0.3 is 14.1 Å². The zero-order chi connectivity index (χ0) is 18.0. The molecule has 0 saturated carbocycles. The standard InChI is InChI=1S/C20H26N2O3S/c1-16-11-18(26-14-16)19(23)22-6-2-4-20(5-7-22)15-21(8-10-25-20)12-17-3-9-24-13-17/h3,9,11,13-14H,2,4-8,10,12,15H2,1H3. The van der Waals surface area contributed by atoms with E-state index in [1.807, 2.05) is 35.6 Å². The van der Waals surface area contributed by atoms with E-state index in [9.17, 15) is 4.79 Å². The lowest BCUT2D eigenvalue weighted by Gasteiger charge is -2.42. The van der Waals surface area contributed by atoms with Crippen LogP contribution in [-0.4, -0.2) is 54.1 Å². The van der Waals surface area contributed by atoms with E-state index in [1.165, 1.54) is 5.56 Å². The first-order valence-corrected chi connectivity index (χ1v) is 10.2. The van der Waals surface area contributed by atoms with Crippen molar-refractivity contribution >= 4 is 17.2 Å². The van der Waals surface area contributed by atoms with Crippen LogP contribution in [0.15, 0.2) is 34.5 Å². The van der Waals surface area contributed by atoms with Gasteiger partial charge in [0.05, 0.1) is 29.6 Å². The van der Waals surface area contributed by atoms with Crippen LogP contribution in [0, 0.1) is 6.92 Å². The van der Waals surface area contributed by atoms with Gasteiger partial charge in [-0.1, -0.05) is 0 Å². The lowest BCUT2D eigenvalue weighted by Crippen LogP contribution is -2.51. The Morgan fingerprint density at radius 2 is 2.23 bits per heavy atom. The average molecular weight is 375 g/mol. The third-order valence-electron chi connectivity index (χ3n) is 5.44. The van der Waals surface area contributed by atoms with Crippen molar-refractivity contribution in [2.75, 3.05) is 32.8 Å². The van der Waals surface area contributed by atoms with E-state index in [1.54, 1.807) is 17.6 Å². The number of ether oxygens (including phenoxy) is 1. The molecule has 4 rings (SSSR count). The Kier molecular flexibility index (Phi) is 5.16. The fourth-order valence-corrected chi connectivity index (χ4v) is 4.94. The van der Waals surface area contributed by atoms with Gasteiger partial charge in [-0.25, -0.2) is 0 Å². The van der Waals surface area contributed by atoms with Gasteiger partial charge in [-0.3, -0.25) is 9.69 Å². The number of carbonyl (C=O) groups is 1. The van der Waals surface area contributed by atoms with Gasteiger partial charge in [0, 0.05) is 38.3 Å². The zero-order valence-corrected chi connectivity index (χ0v) is 16.1. The molecular formula is C20H26N2O3S. The van der Waals surface area contributed by atoms with Crippen molar-refractivity contribution < 1.29 is 13.9 Å². The van der Waals surface area contributed by atoms with Crippen LogP contribution in [0.2, 0.25) is 0 Å². The number of amides is 1. The Labute approximate surface area is 158 Å². The van der Waals surface area contributed by atoms with E-state index in [4.69, 9.17) is 9.15 Å². The predicted molar refractivity (Wildman–Crippen MR) is 101 cm³/mol. The van der Waals surface area contributed by atoms with E-state index < -0.39 is 0 Å². The minimum absolute atomic E-state index is 0.123. The fourth-order valence-electron chi connectivity index (χ4n) is 4.07. The molecule has 1 amide bonds. The fraction of sp³-hybridized carbons (Fsp3) is 0.550. The van der Waals surface area contributed by atoms with Gasteiger partial charge in [-0.05, 0) is 49.3 Å². The van der Waals surface area contributed by atoms with Crippen LogP contribution < -0.4 is 0 Å². The van der Waals surface area contributed by atoms with Crippen molar-refractivity contribution in [2.24, 2.45) is 0 Å². The molecule has 2 aliphatic heterocycles. The van der Waals surface area contributed by atoms with E-state index in [0.29, 0.717) is 0 Å². The highest BCUT2D eigenvalue weighted by Gasteiger charge is 2.39. The van der Waals surface area contributed by atoms with Crippen LogP contribution in [0.25, 0.3) is 0 Å². The van der Waals surface area contributed by atoms with Crippen LogP contribution >= 0.6 is 11.3 Å².